The highest BCUT2D eigenvalue weighted by molar-refractivity contribution is 6.18. The van der Waals surface area contributed by atoms with Crippen LogP contribution in [0.5, 0.6) is 0 Å². The van der Waals surface area contributed by atoms with Crippen molar-refractivity contribution in [3.8, 4) is 0 Å². The molecule has 9 heavy (non-hydrogen) atoms. The highest BCUT2D eigenvalue weighted by atomic mass is 28.2. The molecule has 0 amide bonds. The van der Waals surface area contributed by atoms with Crippen LogP contribution < -0.4 is 4.98 Å². The second-order valence-electron chi connectivity index (χ2n) is 2.79. The molecule has 0 spiro atoms. The van der Waals surface area contributed by atoms with E-state index in [9.17, 15) is 0 Å². The Kier molecular flexibility index (Phi) is 2.45. The van der Waals surface area contributed by atoms with E-state index in [1.54, 1.807) is 0 Å². The molecule has 1 fully saturated rings. The summed E-state index contributed by atoms with van der Waals surface area (Å²) in [6.45, 7) is 0.971. The van der Waals surface area contributed by atoms with Gasteiger partial charge in [-0.15, -0.1) is 0 Å². The average Bonchev–Trinajstić information content (AvgIpc) is 1.90. The van der Waals surface area contributed by atoms with Crippen LogP contribution in [-0.2, 0) is 4.74 Å². The Hall–Kier alpha value is 0.354. The quantitative estimate of drug-likeness (QED) is 0.453. The van der Waals surface area contributed by atoms with E-state index in [2.05, 4.69) is 4.98 Å². The van der Waals surface area contributed by atoms with Gasteiger partial charge in [-0.2, -0.15) is 0 Å². The summed E-state index contributed by atoms with van der Waals surface area (Å²) < 4.78 is 5.60. The molecule has 1 heterocycles. The van der Waals surface area contributed by atoms with E-state index in [-0.39, 0.29) is 5.35 Å². The van der Waals surface area contributed by atoms with Gasteiger partial charge in [0.1, 0.15) is 0 Å². The minimum atomic E-state index is 0.171. The zero-order valence-corrected chi connectivity index (χ0v) is 10.2. The van der Waals surface area contributed by atoms with Crippen LogP contribution in [0.25, 0.3) is 0 Å². The van der Waals surface area contributed by atoms with Crippen molar-refractivity contribution in [2.45, 2.75) is 24.6 Å². The summed E-state index contributed by atoms with van der Waals surface area (Å²) in [5.74, 6) is 0. The SMILES string of the molecule is [SiH3]NC1([SiH3])CCCCO1. The third-order valence-electron chi connectivity index (χ3n) is 2.00. The van der Waals surface area contributed by atoms with Crippen LogP contribution in [0.4, 0.5) is 0 Å². The minimum absolute atomic E-state index is 0.171. The van der Waals surface area contributed by atoms with Crippen LogP contribution >= 0.6 is 0 Å². The second-order valence-corrected chi connectivity index (χ2v) is 4.90. The molecule has 1 unspecified atom stereocenters. The van der Waals surface area contributed by atoms with E-state index < -0.39 is 0 Å². The highest BCUT2D eigenvalue weighted by Crippen LogP contribution is 2.17. The van der Waals surface area contributed by atoms with Crippen molar-refractivity contribution < 1.29 is 4.74 Å². The molecular weight excluding hydrogens is 146 g/mol. The summed E-state index contributed by atoms with van der Waals surface area (Å²) in [4.78, 5) is 3.36. The molecule has 54 valence electrons. The van der Waals surface area contributed by atoms with Crippen molar-refractivity contribution in [1.82, 2.24) is 4.98 Å². The summed E-state index contributed by atoms with van der Waals surface area (Å²) in [6, 6.07) is 0. The van der Waals surface area contributed by atoms with Crippen LogP contribution in [0, 0.1) is 0 Å². The molecule has 0 bridgehead atoms. The summed E-state index contributed by atoms with van der Waals surface area (Å²) in [6.07, 6.45) is 3.84. The van der Waals surface area contributed by atoms with E-state index in [1.165, 1.54) is 19.3 Å². The van der Waals surface area contributed by atoms with E-state index >= 15 is 0 Å². The molecule has 0 aliphatic carbocycles. The van der Waals surface area contributed by atoms with Crippen LogP contribution in [0.1, 0.15) is 19.3 Å². The fourth-order valence-electron chi connectivity index (χ4n) is 1.13. The van der Waals surface area contributed by atoms with Crippen molar-refractivity contribution in [3.05, 3.63) is 0 Å². The molecule has 0 aromatic rings. The lowest BCUT2D eigenvalue weighted by molar-refractivity contribution is -0.0246. The molecule has 1 aliphatic rings. The van der Waals surface area contributed by atoms with E-state index in [0.29, 0.717) is 0 Å². The lowest BCUT2D eigenvalue weighted by Gasteiger charge is -2.33. The molecule has 0 aromatic heterocycles. The molecule has 2 nitrogen and oxygen atoms in total. The fraction of sp³-hybridized carbons (Fsp3) is 1.00. The van der Waals surface area contributed by atoms with Gasteiger partial charge in [0.25, 0.3) is 0 Å². The van der Waals surface area contributed by atoms with Crippen LogP contribution in [0.15, 0.2) is 0 Å². The molecule has 1 N–H and O–H groups in total. The molecule has 0 aromatic carbocycles. The number of nitrogens with one attached hydrogen (secondary N) is 1. The standard InChI is InChI=1S/C5H15NOSi2/c8-5(6-9)3-1-2-4-7-5/h6H,1-4H2,8-9H3. The molecule has 4 heteroatoms. The number of hydrogen-bond donors (Lipinski definition) is 1. The highest BCUT2D eigenvalue weighted by Gasteiger charge is 2.23. The Morgan fingerprint density at radius 1 is 1.44 bits per heavy atom. The first-order valence-corrected chi connectivity index (χ1v) is 5.60. The topological polar surface area (TPSA) is 21.3 Å². The fourth-order valence-corrected chi connectivity index (χ4v) is 2.08. The second kappa shape index (κ2) is 2.96. The number of hydrogen-bond acceptors (Lipinski definition) is 2. The predicted octanol–water partition coefficient (Wildman–Crippen LogP) is -1.92. The first-order valence-electron chi connectivity index (χ1n) is 3.60. The minimum Gasteiger partial charge on any atom is -0.366 e. The zero-order valence-electron chi connectivity index (χ0n) is 6.24. The summed E-state index contributed by atoms with van der Waals surface area (Å²) >= 11 is 0. The van der Waals surface area contributed by atoms with Crippen molar-refractivity contribution >= 4 is 20.6 Å². The molecule has 1 aliphatic heterocycles. The van der Waals surface area contributed by atoms with Crippen LogP contribution in [-0.4, -0.2) is 32.6 Å². The van der Waals surface area contributed by atoms with Crippen LogP contribution in [0.3, 0.4) is 0 Å². The zero-order chi connectivity index (χ0) is 6.74. The maximum atomic E-state index is 5.60. The monoisotopic (exact) mass is 161 g/mol. The van der Waals surface area contributed by atoms with Crippen molar-refractivity contribution in [2.24, 2.45) is 0 Å². The number of rotatable bonds is 1. The third-order valence-corrected chi connectivity index (χ3v) is 5.34. The molecule has 1 atom stereocenters. The van der Waals surface area contributed by atoms with E-state index in [4.69, 9.17) is 4.74 Å². The maximum absolute atomic E-state index is 5.60. The Morgan fingerprint density at radius 2 is 2.22 bits per heavy atom. The smallest absolute Gasteiger partial charge is 0.0883 e. The lowest BCUT2D eigenvalue weighted by atomic mass is 10.2. The molecule has 0 saturated carbocycles. The van der Waals surface area contributed by atoms with Gasteiger partial charge in [-0.25, -0.2) is 0 Å². The largest absolute Gasteiger partial charge is 0.366 e. The predicted molar refractivity (Wildman–Crippen MR) is 45.5 cm³/mol. The summed E-state index contributed by atoms with van der Waals surface area (Å²) in [7, 11) is 2.20. The van der Waals surface area contributed by atoms with Gasteiger partial charge in [0, 0.05) is 6.61 Å². The Balaban J connectivity index is 2.37. The van der Waals surface area contributed by atoms with Gasteiger partial charge in [0.2, 0.25) is 0 Å². The van der Waals surface area contributed by atoms with E-state index in [1.807, 2.05) is 0 Å². The first-order chi connectivity index (χ1) is 4.27. The summed E-state index contributed by atoms with van der Waals surface area (Å²) in [5.41, 5.74) is 0. The molecular formula is C5H15NOSi2. The van der Waals surface area contributed by atoms with Gasteiger partial charge in [-0.05, 0) is 19.3 Å². The molecule has 0 radical (unpaired) electrons. The van der Waals surface area contributed by atoms with Gasteiger partial charge < -0.3 is 9.72 Å². The van der Waals surface area contributed by atoms with E-state index in [0.717, 1.165) is 27.3 Å². The maximum Gasteiger partial charge on any atom is 0.0883 e. The van der Waals surface area contributed by atoms with Crippen molar-refractivity contribution in [1.29, 1.82) is 0 Å². The first kappa shape index (κ1) is 7.46. The van der Waals surface area contributed by atoms with Gasteiger partial charge in [-0.1, -0.05) is 0 Å². The third kappa shape index (κ3) is 1.89. The molecule has 1 saturated heterocycles. The van der Waals surface area contributed by atoms with Gasteiger partial charge in [-0.3, -0.25) is 0 Å². The Bertz CT molecular complexity index is 93.0. The number of ether oxygens (including phenoxy) is 1. The molecule has 1 rings (SSSR count). The van der Waals surface area contributed by atoms with Gasteiger partial charge >= 0.3 is 0 Å². The van der Waals surface area contributed by atoms with Crippen molar-refractivity contribution in [3.63, 3.8) is 0 Å². The van der Waals surface area contributed by atoms with Crippen LogP contribution in [0.2, 0.25) is 0 Å². The van der Waals surface area contributed by atoms with Crippen molar-refractivity contribution in [2.75, 3.05) is 6.61 Å². The lowest BCUT2D eigenvalue weighted by Crippen LogP contribution is -2.49. The summed E-state index contributed by atoms with van der Waals surface area (Å²) in [5, 5.41) is 0.171. The van der Waals surface area contributed by atoms with Gasteiger partial charge in [0.05, 0.1) is 26.0 Å². The Labute approximate surface area is 62.3 Å². The average molecular weight is 161 g/mol. The Morgan fingerprint density at radius 3 is 2.56 bits per heavy atom. The van der Waals surface area contributed by atoms with Gasteiger partial charge in [0.15, 0.2) is 0 Å². The normalized spacial score (nSPS) is 37.3.